The molecule has 0 atom stereocenters. The van der Waals surface area contributed by atoms with Crippen LogP contribution in [0.15, 0.2) is 46.8 Å². The lowest BCUT2D eigenvalue weighted by Gasteiger charge is -2.32. The van der Waals surface area contributed by atoms with Crippen LogP contribution in [0.3, 0.4) is 0 Å². The smallest absolute Gasteiger partial charge is 0.267 e. The highest BCUT2D eigenvalue weighted by Crippen LogP contribution is 2.34. The first-order chi connectivity index (χ1) is 14.0. The Kier molecular flexibility index (Phi) is 5.56. The van der Waals surface area contributed by atoms with Crippen LogP contribution in [-0.4, -0.2) is 44.1 Å². The fourth-order valence-electron chi connectivity index (χ4n) is 3.60. The minimum Gasteiger partial charge on any atom is -0.356 e. The van der Waals surface area contributed by atoms with Crippen molar-refractivity contribution in [1.82, 2.24) is 14.3 Å². The molecule has 0 aliphatic carbocycles. The molecule has 4 heterocycles. The second kappa shape index (κ2) is 8.12. The number of thiocarbonyl (C=S) groups is 1. The zero-order valence-electron chi connectivity index (χ0n) is 16.2. The lowest BCUT2D eigenvalue weighted by molar-refractivity contribution is -0.121. The van der Waals surface area contributed by atoms with Gasteiger partial charge in [0.05, 0.1) is 10.5 Å². The Labute approximate surface area is 178 Å². The van der Waals surface area contributed by atoms with Crippen LogP contribution in [0.2, 0.25) is 0 Å². The standard InChI is InChI=1S/C21H22N4O2S2/c1-3-9-25-20(27)16(29-21(25)28)13-15-18(23-11-7-14(2)8-12-23)22-17-6-4-5-10-24(17)19(15)26/h3-6,10,13-14H,1,7-9,11-12H2,2H3. The molecule has 4 rings (SSSR count). The molecule has 0 saturated carbocycles. The van der Waals surface area contributed by atoms with E-state index in [9.17, 15) is 9.59 Å². The van der Waals surface area contributed by atoms with E-state index in [-0.39, 0.29) is 11.5 Å². The summed E-state index contributed by atoms with van der Waals surface area (Å²) < 4.78 is 2.00. The molecule has 0 radical (unpaired) electrons. The summed E-state index contributed by atoms with van der Waals surface area (Å²) >= 11 is 6.54. The number of thioether (sulfide) groups is 1. The number of pyridine rings is 1. The molecule has 2 saturated heterocycles. The van der Waals surface area contributed by atoms with Crippen molar-refractivity contribution in [2.24, 2.45) is 5.92 Å². The predicted molar refractivity (Wildman–Crippen MR) is 122 cm³/mol. The van der Waals surface area contributed by atoms with Crippen molar-refractivity contribution in [2.75, 3.05) is 24.5 Å². The van der Waals surface area contributed by atoms with Gasteiger partial charge in [0, 0.05) is 25.8 Å². The quantitative estimate of drug-likeness (QED) is 0.425. The number of carbonyl (C=O) groups is 1. The summed E-state index contributed by atoms with van der Waals surface area (Å²) in [7, 11) is 0. The monoisotopic (exact) mass is 426 g/mol. The van der Waals surface area contributed by atoms with Gasteiger partial charge in [0.25, 0.3) is 11.5 Å². The van der Waals surface area contributed by atoms with Gasteiger partial charge in [-0.25, -0.2) is 4.98 Å². The Hall–Kier alpha value is -2.45. The number of hydrogen-bond donors (Lipinski definition) is 0. The lowest BCUT2D eigenvalue weighted by atomic mass is 9.99. The van der Waals surface area contributed by atoms with Crippen LogP contribution in [0.25, 0.3) is 11.7 Å². The van der Waals surface area contributed by atoms with Gasteiger partial charge in [-0.05, 0) is 37.0 Å². The van der Waals surface area contributed by atoms with Crippen molar-refractivity contribution in [3.63, 3.8) is 0 Å². The van der Waals surface area contributed by atoms with Gasteiger partial charge >= 0.3 is 0 Å². The summed E-state index contributed by atoms with van der Waals surface area (Å²) in [4.78, 5) is 35.0. The number of carbonyl (C=O) groups excluding carboxylic acids is 1. The van der Waals surface area contributed by atoms with Gasteiger partial charge in [-0.15, -0.1) is 6.58 Å². The Bertz CT molecular complexity index is 1080. The maximum atomic E-state index is 13.3. The number of rotatable bonds is 4. The first kappa shape index (κ1) is 19.8. The highest BCUT2D eigenvalue weighted by Gasteiger charge is 2.32. The van der Waals surface area contributed by atoms with Crippen LogP contribution in [0.5, 0.6) is 0 Å². The summed E-state index contributed by atoms with van der Waals surface area (Å²) in [6, 6.07) is 5.49. The van der Waals surface area contributed by atoms with E-state index in [0.717, 1.165) is 25.9 Å². The number of nitrogens with zero attached hydrogens (tertiary/aromatic N) is 4. The molecule has 2 fully saturated rings. The highest BCUT2D eigenvalue weighted by atomic mass is 32.2. The molecule has 1 amide bonds. The average Bonchev–Trinajstić information content (AvgIpc) is 2.98. The van der Waals surface area contributed by atoms with Gasteiger partial charge in [-0.1, -0.05) is 43.0 Å². The van der Waals surface area contributed by atoms with Crippen molar-refractivity contribution >= 4 is 51.7 Å². The van der Waals surface area contributed by atoms with Gasteiger partial charge < -0.3 is 4.90 Å². The summed E-state index contributed by atoms with van der Waals surface area (Å²) in [6.45, 7) is 7.96. The maximum Gasteiger partial charge on any atom is 0.267 e. The fourth-order valence-corrected chi connectivity index (χ4v) is 4.85. The average molecular weight is 427 g/mol. The van der Waals surface area contributed by atoms with Crippen molar-refractivity contribution in [3.8, 4) is 0 Å². The number of hydrogen-bond acceptors (Lipinski definition) is 6. The first-order valence-electron chi connectivity index (χ1n) is 9.62. The summed E-state index contributed by atoms with van der Waals surface area (Å²) in [5.74, 6) is 1.10. The number of amides is 1. The summed E-state index contributed by atoms with van der Waals surface area (Å²) in [5.41, 5.74) is 0.850. The van der Waals surface area contributed by atoms with Gasteiger partial charge in [0.1, 0.15) is 15.8 Å². The molecular formula is C21H22N4O2S2. The Morgan fingerprint density at radius 1 is 1.31 bits per heavy atom. The van der Waals surface area contributed by atoms with Crippen LogP contribution in [-0.2, 0) is 4.79 Å². The van der Waals surface area contributed by atoms with E-state index in [1.165, 1.54) is 21.1 Å². The van der Waals surface area contributed by atoms with E-state index in [1.807, 2.05) is 12.1 Å². The molecule has 0 aromatic carbocycles. The minimum absolute atomic E-state index is 0.182. The van der Waals surface area contributed by atoms with Crippen LogP contribution in [0.4, 0.5) is 5.82 Å². The second-order valence-corrected chi connectivity index (χ2v) is 9.01. The molecule has 29 heavy (non-hydrogen) atoms. The minimum atomic E-state index is -0.198. The van der Waals surface area contributed by atoms with Crippen LogP contribution >= 0.6 is 24.0 Å². The second-order valence-electron chi connectivity index (χ2n) is 7.33. The molecule has 0 bridgehead atoms. The largest absolute Gasteiger partial charge is 0.356 e. The van der Waals surface area contributed by atoms with E-state index >= 15 is 0 Å². The van der Waals surface area contributed by atoms with Gasteiger partial charge in [0.15, 0.2) is 0 Å². The van der Waals surface area contributed by atoms with Crippen molar-refractivity contribution in [2.45, 2.75) is 19.8 Å². The molecule has 2 aromatic rings. The molecule has 0 spiro atoms. The third kappa shape index (κ3) is 3.74. The molecule has 0 unspecified atom stereocenters. The molecule has 0 N–H and O–H groups in total. The zero-order valence-corrected chi connectivity index (χ0v) is 17.8. The molecule has 8 heteroatoms. The number of piperidine rings is 1. The number of aromatic nitrogens is 2. The van der Waals surface area contributed by atoms with Gasteiger partial charge in [-0.2, -0.15) is 0 Å². The van der Waals surface area contributed by atoms with E-state index in [1.54, 1.807) is 24.4 Å². The fraction of sp³-hybridized carbons (Fsp3) is 0.333. The molecule has 2 aliphatic heterocycles. The normalized spacial score (nSPS) is 19.6. The molecule has 2 aromatic heterocycles. The van der Waals surface area contributed by atoms with Crippen LogP contribution in [0.1, 0.15) is 25.3 Å². The Balaban J connectivity index is 1.84. The zero-order chi connectivity index (χ0) is 20.5. The van der Waals surface area contributed by atoms with Crippen LogP contribution < -0.4 is 10.5 Å². The molecule has 2 aliphatic rings. The number of fused-ring (bicyclic) bond motifs is 1. The first-order valence-corrected chi connectivity index (χ1v) is 10.8. The van der Waals surface area contributed by atoms with E-state index in [4.69, 9.17) is 17.2 Å². The van der Waals surface area contributed by atoms with Gasteiger partial charge in [-0.3, -0.25) is 18.9 Å². The summed E-state index contributed by atoms with van der Waals surface area (Å²) in [6.07, 6.45) is 7.10. The summed E-state index contributed by atoms with van der Waals surface area (Å²) in [5, 5.41) is 0. The van der Waals surface area contributed by atoms with Crippen molar-refractivity contribution < 1.29 is 4.79 Å². The highest BCUT2D eigenvalue weighted by molar-refractivity contribution is 8.26. The Morgan fingerprint density at radius 2 is 2.07 bits per heavy atom. The SMILES string of the molecule is C=CCN1C(=O)C(=Cc2c(N3CCC(C)CC3)nc3ccccn3c2=O)SC1=S. The third-order valence-electron chi connectivity index (χ3n) is 5.29. The van der Waals surface area contributed by atoms with Crippen molar-refractivity contribution in [3.05, 3.63) is 57.9 Å². The molecular weight excluding hydrogens is 404 g/mol. The Morgan fingerprint density at radius 3 is 2.79 bits per heavy atom. The maximum absolute atomic E-state index is 13.3. The lowest BCUT2D eigenvalue weighted by Crippen LogP contribution is -2.36. The van der Waals surface area contributed by atoms with E-state index in [2.05, 4.69) is 18.4 Å². The van der Waals surface area contributed by atoms with Crippen molar-refractivity contribution in [1.29, 1.82) is 0 Å². The topological polar surface area (TPSA) is 57.9 Å². The predicted octanol–water partition coefficient (Wildman–Crippen LogP) is 3.32. The van der Waals surface area contributed by atoms with E-state index < -0.39 is 0 Å². The van der Waals surface area contributed by atoms with Crippen LogP contribution in [0, 0.1) is 5.92 Å². The third-order valence-corrected chi connectivity index (χ3v) is 6.67. The van der Waals surface area contributed by atoms with Gasteiger partial charge in [0.2, 0.25) is 0 Å². The molecule has 150 valence electrons. The molecule has 6 nitrogen and oxygen atoms in total. The van der Waals surface area contributed by atoms with E-state index in [0.29, 0.717) is 38.7 Å². The number of anilines is 1.